The summed E-state index contributed by atoms with van der Waals surface area (Å²) in [5.41, 5.74) is 3.67. The molecule has 1 unspecified atom stereocenters. The van der Waals surface area contributed by atoms with Crippen LogP contribution in [0.4, 0.5) is 0 Å². The molecule has 0 aromatic carbocycles. The molecule has 0 saturated carbocycles. The van der Waals surface area contributed by atoms with Gasteiger partial charge in [0.1, 0.15) is 0 Å². The number of hydrogen-bond acceptors (Lipinski definition) is 4. The lowest BCUT2D eigenvalue weighted by Crippen LogP contribution is -2.46. The smallest absolute Gasteiger partial charge is 0.0826 e. The van der Waals surface area contributed by atoms with Crippen molar-refractivity contribution in [1.82, 2.24) is 20.0 Å². The highest BCUT2D eigenvalue weighted by molar-refractivity contribution is 5.23. The van der Waals surface area contributed by atoms with Crippen molar-refractivity contribution in [2.45, 2.75) is 33.4 Å². The minimum atomic E-state index is 0.311. The molecule has 1 atom stereocenters. The van der Waals surface area contributed by atoms with Gasteiger partial charge in [0.05, 0.1) is 18.4 Å². The number of nitrogens with zero attached hydrogens (tertiary/aromatic N) is 3. The number of nitrogens with one attached hydrogen (secondary N) is 1. The second-order valence-electron chi connectivity index (χ2n) is 5.29. The molecule has 0 spiro atoms. The summed E-state index contributed by atoms with van der Waals surface area (Å²) in [5.74, 6) is 0. The first kappa shape index (κ1) is 14.5. The van der Waals surface area contributed by atoms with Crippen LogP contribution in [-0.2, 0) is 18.3 Å². The Balaban J connectivity index is 1.80. The normalized spacial score (nSPS) is 20.9. The van der Waals surface area contributed by atoms with Crippen molar-refractivity contribution in [3.05, 3.63) is 17.0 Å². The summed E-state index contributed by atoms with van der Waals surface area (Å²) in [6.45, 7) is 12.2. The first-order chi connectivity index (χ1) is 9.11. The molecule has 1 N–H and O–H groups in total. The number of hydrogen-bond donors (Lipinski definition) is 1. The van der Waals surface area contributed by atoms with Crippen molar-refractivity contribution in [2.75, 3.05) is 32.8 Å². The fourth-order valence-corrected chi connectivity index (χ4v) is 2.62. The van der Waals surface area contributed by atoms with Gasteiger partial charge in [0.15, 0.2) is 0 Å². The maximum Gasteiger partial charge on any atom is 0.0826 e. The van der Waals surface area contributed by atoms with Crippen LogP contribution in [0.1, 0.15) is 23.9 Å². The molecule has 0 amide bonds. The summed E-state index contributed by atoms with van der Waals surface area (Å²) in [4.78, 5) is 2.44. The molecule has 108 valence electrons. The number of rotatable bonds is 5. The Morgan fingerprint density at radius 3 is 2.84 bits per heavy atom. The van der Waals surface area contributed by atoms with Crippen LogP contribution in [0.2, 0.25) is 0 Å². The molecule has 19 heavy (non-hydrogen) atoms. The lowest BCUT2D eigenvalue weighted by atomic mass is 10.2. The molecule has 1 aliphatic rings. The standard InChI is InChI=1S/C14H26N4O/c1-5-18-6-7-19-13(10-18)8-15-9-14-11(2)16-17(4)12(14)3/h13,15H,5-10H2,1-4H3. The monoisotopic (exact) mass is 266 g/mol. The minimum absolute atomic E-state index is 0.311. The van der Waals surface area contributed by atoms with Gasteiger partial charge in [0.2, 0.25) is 0 Å². The molecule has 0 radical (unpaired) electrons. The van der Waals surface area contributed by atoms with Crippen LogP contribution in [0.5, 0.6) is 0 Å². The van der Waals surface area contributed by atoms with Crippen LogP contribution >= 0.6 is 0 Å². The second kappa shape index (κ2) is 6.50. The molecule has 1 aliphatic heterocycles. The van der Waals surface area contributed by atoms with Crippen LogP contribution in [0.3, 0.4) is 0 Å². The van der Waals surface area contributed by atoms with Crippen molar-refractivity contribution >= 4 is 0 Å². The molecular weight excluding hydrogens is 240 g/mol. The molecule has 5 nitrogen and oxygen atoms in total. The van der Waals surface area contributed by atoms with Gasteiger partial charge in [-0.2, -0.15) is 5.10 Å². The Kier molecular flexibility index (Phi) is 4.96. The lowest BCUT2D eigenvalue weighted by molar-refractivity contribution is -0.0253. The summed E-state index contributed by atoms with van der Waals surface area (Å²) in [6, 6.07) is 0. The van der Waals surface area contributed by atoms with Crippen LogP contribution in [0.25, 0.3) is 0 Å². The molecular formula is C14H26N4O. The third kappa shape index (κ3) is 3.55. The Hall–Kier alpha value is -0.910. The van der Waals surface area contributed by atoms with Gasteiger partial charge in [-0.15, -0.1) is 0 Å². The van der Waals surface area contributed by atoms with Crippen molar-refractivity contribution in [3.63, 3.8) is 0 Å². The van der Waals surface area contributed by atoms with Crippen molar-refractivity contribution in [3.8, 4) is 0 Å². The van der Waals surface area contributed by atoms with Gasteiger partial charge in [0, 0.05) is 44.5 Å². The van der Waals surface area contributed by atoms with E-state index in [4.69, 9.17) is 4.74 Å². The summed E-state index contributed by atoms with van der Waals surface area (Å²) in [5, 5.41) is 7.94. The van der Waals surface area contributed by atoms with Gasteiger partial charge in [0.25, 0.3) is 0 Å². The Bertz CT molecular complexity index is 416. The zero-order valence-corrected chi connectivity index (χ0v) is 12.6. The number of likely N-dealkylation sites (N-methyl/N-ethyl adjacent to an activating group) is 1. The number of morpholine rings is 1. The van der Waals surface area contributed by atoms with Crippen LogP contribution < -0.4 is 5.32 Å². The molecule has 1 aromatic rings. The lowest BCUT2D eigenvalue weighted by Gasteiger charge is -2.32. The number of aromatic nitrogens is 2. The fraction of sp³-hybridized carbons (Fsp3) is 0.786. The SMILES string of the molecule is CCN1CCOC(CNCc2c(C)nn(C)c2C)C1. The molecule has 2 rings (SSSR count). The molecule has 0 aliphatic carbocycles. The van der Waals surface area contributed by atoms with E-state index in [-0.39, 0.29) is 0 Å². The third-order valence-electron chi connectivity index (χ3n) is 4.00. The van der Waals surface area contributed by atoms with Crippen LogP contribution in [-0.4, -0.2) is 53.6 Å². The van der Waals surface area contributed by atoms with E-state index in [0.717, 1.165) is 45.0 Å². The number of aryl methyl sites for hydroxylation is 2. The van der Waals surface area contributed by atoms with E-state index >= 15 is 0 Å². The minimum Gasteiger partial charge on any atom is -0.374 e. The van der Waals surface area contributed by atoms with Crippen molar-refractivity contribution < 1.29 is 4.74 Å². The van der Waals surface area contributed by atoms with E-state index in [1.54, 1.807) is 0 Å². The van der Waals surface area contributed by atoms with Gasteiger partial charge in [-0.25, -0.2) is 0 Å². The zero-order valence-electron chi connectivity index (χ0n) is 12.6. The molecule has 1 aromatic heterocycles. The summed E-state index contributed by atoms with van der Waals surface area (Å²) < 4.78 is 7.74. The predicted octanol–water partition coefficient (Wildman–Crippen LogP) is 0.847. The highest BCUT2D eigenvalue weighted by Crippen LogP contribution is 2.11. The molecule has 0 bridgehead atoms. The Morgan fingerprint density at radius 2 is 2.21 bits per heavy atom. The van der Waals surface area contributed by atoms with Gasteiger partial charge < -0.3 is 10.1 Å². The molecule has 2 heterocycles. The van der Waals surface area contributed by atoms with Crippen LogP contribution in [0, 0.1) is 13.8 Å². The van der Waals surface area contributed by atoms with E-state index in [0.29, 0.717) is 6.10 Å². The van der Waals surface area contributed by atoms with Gasteiger partial charge in [-0.05, 0) is 20.4 Å². The van der Waals surface area contributed by atoms with Gasteiger partial charge in [-0.3, -0.25) is 9.58 Å². The summed E-state index contributed by atoms with van der Waals surface area (Å²) in [6.07, 6.45) is 0.311. The quantitative estimate of drug-likeness (QED) is 0.858. The Labute approximate surface area is 115 Å². The summed E-state index contributed by atoms with van der Waals surface area (Å²) >= 11 is 0. The first-order valence-electron chi connectivity index (χ1n) is 7.15. The first-order valence-corrected chi connectivity index (χ1v) is 7.15. The maximum atomic E-state index is 5.79. The highest BCUT2D eigenvalue weighted by Gasteiger charge is 2.19. The highest BCUT2D eigenvalue weighted by atomic mass is 16.5. The topological polar surface area (TPSA) is 42.3 Å². The van der Waals surface area contributed by atoms with Gasteiger partial charge >= 0.3 is 0 Å². The predicted molar refractivity (Wildman–Crippen MR) is 76.2 cm³/mol. The molecule has 1 saturated heterocycles. The average molecular weight is 266 g/mol. The van der Waals surface area contributed by atoms with E-state index in [1.807, 2.05) is 11.7 Å². The largest absolute Gasteiger partial charge is 0.374 e. The van der Waals surface area contributed by atoms with Crippen molar-refractivity contribution in [1.29, 1.82) is 0 Å². The maximum absolute atomic E-state index is 5.79. The second-order valence-corrected chi connectivity index (χ2v) is 5.29. The van der Waals surface area contributed by atoms with Crippen LogP contribution in [0.15, 0.2) is 0 Å². The van der Waals surface area contributed by atoms with Gasteiger partial charge in [-0.1, -0.05) is 6.92 Å². The average Bonchev–Trinajstić information content (AvgIpc) is 2.65. The van der Waals surface area contributed by atoms with E-state index in [9.17, 15) is 0 Å². The van der Waals surface area contributed by atoms with E-state index in [1.165, 1.54) is 11.3 Å². The Morgan fingerprint density at radius 1 is 1.42 bits per heavy atom. The third-order valence-corrected chi connectivity index (χ3v) is 4.00. The molecule has 5 heteroatoms. The fourth-order valence-electron chi connectivity index (χ4n) is 2.62. The van der Waals surface area contributed by atoms with Crippen molar-refractivity contribution in [2.24, 2.45) is 7.05 Å². The van der Waals surface area contributed by atoms with E-state index in [2.05, 4.69) is 36.1 Å². The summed E-state index contributed by atoms with van der Waals surface area (Å²) in [7, 11) is 2.00. The zero-order chi connectivity index (χ0) is 13.8. The number of ether oxygens (including phenoxy) is 1. The molecule has 1 fully saturated rings. The van der Waals surface area contributed by atoms with E-state index < -0.39 is 0 Å².